The highest BCUT2D eigenvalue weighted by Gasteiger charge is 2.47. The van der Waals surface area contributed by atoms with E-state index in [0.717, 1.165) is 18.4 Å². The van der Waals surface area contributed by atoms with Gasteiger partial charge in [-0.15, -0.1) is 0 Å². The number of aliphatic hydroxyl groups excluding tert-OH is 1. The molecule has 1 saturated heterocycles. The van der Waals surface area contributed by atoms with Crippen molar-refractivity contribution in [2.45, 2.75) is 56.5 Å². The third kappa shape index (κ3) is 2.69. The zero-order chi connectivity index (χ0) is 13.1. The molecule has 0 bridgehead atoms. The fourth-order valence-corrected chi connectivity index (χ4v) is 3.26. The van der Waals surface area contributed by atoms with E-state index in [1.54, 1.807) is 0 Å². The summed E-state index contributed by atoms with van der Waals surface area (Å²) in [4.78, 5) is 0. The lowest BCUT2D eigenvalue weighted by Crippen LogP contribution is -2.33. The molecule has 1 spiro atoms. The summed E-state index contributed by atoms with van der Waals surface area (Å²) in [5, 5.41) is 9.24. The van der Waals surface area contributed by atoms with Crippen molar-refractivity contribution in [2.24, 2.45) is 0 Å². The highest BCUT2D eigenvalue weighted by Crippen LogP contribution is 2.46. The minimum absolute atomic E-state index is 0.0227. The molecule has 1 aromatic carbocycles. The summed E-state index contributed by atoms with van der Waals surface area (Å²) in [6.45, 7) is 0.146. The van der Waals surface area contributed by atoms with E-state index in [-0.39, 0.29) is 18.8 Å². The molecule has 3 heteroatoms. The van der Waals surface area contributed by atoms with Crippen LogP contribution in [0.1, 0.15) is 50.2 Å². The van der Waals surface area contributed by atoms with Gasteiger partial charge in [0.2, 0.25) is 0 Å². The van der Waals surface area contributed by atoms with Crippen LogP contribution in [-0.2, 0) is 9.47 Å². The Kier molecular flexibility index (Phi) is 3.87. The summed E-state index contributed by atoms with van der Waals surface area (Å²) in [7, 11) is 0. The molecule has 2 fully saturated rings. The maximum Gasteiger partial charge on any atom is 0.169 e. The second kappa shape index (κ2) is 5.61. The van der Waals surface area contributed by atoms with Crippen molar-refractivity contribution in [3.8, 4) is 0 Å². The summed E-state index contributed by atoms with van der Waals surface area (Å²) in [6, 6.07) is 10.2. The Bertz CT molecular complexity index is 398. The van der Waals surface area contributed by atoms with Crippen LogP contribution in [0.5, 0.6) is 0 Å². The second-order valence-electron chi connectivity index (χ2n) is 5.59. The van der Waals surface area contributed by atoms with Crippen molar-refractivity contribution < 1.29 is 14.6 Å². The third-order valence-electron chi connectivity index (χ3n) is 4.20. The first kappa shape index (κ1) is 13.1. The number of benzene rings is 1. The molecule has 0 aromatic heterocycles. The van der Waals surface area contributed by atoms with Crippen molar-refractivity contribution in [1.29, 1.82) is 0 Å². The molecule has 2 atom stereocenters. The topological polar surface area (TPSA) is 38.7 Å². The van der Waals surface area contributed by atoms with Gasteiger partial charge in [0.05, 0.1) is 6.10 Å². The van der Waals surface area contributed by atoms with Gasteiger partial charge in [0.15, 0.2) is 5.79 Å². The van der Waals surface area contributed by atoms with Gasteiger partial charge in [0, 0.05) is 19.4 Å². The average Bonchev–Trinajstić information content (AvgIpc) is 2.79. The monoisotopic (exact) mass is 262 g/mol. The Balaban J connectivity index is 1.81. The van der Waals surface area contributed by atoms with E-state index in [1.807, 2.05) is 18.2 Å². The van der Waals surface area contributed by atoms with Crippen LogP contribution in [0, 0.1) is 0 Å². The van der Waals surface area contributed by atoms with E-state index in [9.17, 15) is 5.11 Å². The van der Waals surface area contributed by atoms with Crippen molar-refractivity contribution in [3.05, 3.63) is 35.9 Å². The molecule has 1 saturated carbocycles. The highest BCUT2D eigenvalue weighted by molar-refractivity contribution is 5.20. The van der Waals surface area contributed by atoms with Crippen LogP contribution in [0.25, 0.3) is 0 Å². The predicted octanol–water partition coefficient (Wildman–Crippen LogP) is 3.19. The van der Waals surface area contributed by atoms with Crippen molar-refractivity contribution in [2.75, 3.05) is 6.61 Å². The molecule has 3 rings (SSSR count). The summed E-state index contributed by atoms with van der Waals surface area (Å²) in [6.07, 6.45) is 6.17. The number of hydrogen-bond donors (Lipinski definition) is 1. The fraction of sp³-hybridized carbons (Fsp3) is 0.625. The molecule has 2 aliphatic rings. The maximum absolute atomic E-state index is 9.24. The number of aliphatic hydroxyl groups is 1. The Morgan fingerprint density at radius 1 is 1.05 bits per heavy atom. The minimum Gasteiger partial charge on any atom is -0.396 e. The molecule has 3 nitrogen and oxygen atoms in total. The Labute approximate surface area is 114 Å². The molecule has 2 unspecified atom stereocenters. The van der Waals surface area contributed by atoms with Gasteiger partial charge < -0.3 is 14.6 Å². The van der Waals surface area contributed by atoms with Gasteiger partial charge in [0.1, 0.15) is 6.10 Å². The van der Waals surface area contributed by atoms with Gasteiger partial charge in [-0.1, -0.05) is 36.8 Å². The van der Waals surface area contributed by atoms with Gasteiger partial charge in [-0.05, 0) is 24.8 Å². The molecule has 0 amide bonds. The maximum atomic E-state index is 9.24. The van der Waals surface area contributed by atoms with Crippen LogP contribution in [0.3, 0.4) is 0 Å². The van der Waals surface area contributed by atoms with Gasteiger partial charge >= 0.3 is 0 Å². The first-order valence-corrected chi connectivity index (χ1v) is 7.34. The number of rotatable bonds is 3. The summed E-state index contributed by atoms with van der Waals surface area (Å²) >= 11 is 0. The first-order chi connectivity index (χ1) is 9.33. The Morgan fingerprint density at radius 2 is 1.79 bits per heavy atom. The van der Waals surface area contributed by atoms with E-state index in [1.165, 1.54) is 19.3 Å². The van der Waals surface area contributed by atoms with Crippen molar-refractivity contribution in [3.63, 3.8) is 0 Å². The molecule has 1 aliphatic heterocycles. The van der Waals surface area contributed by atoms with Gasteiger partial charge in [-0.25, -0.2) is 0 Å². The van der Waals surface area contributed by atoms with E-state index < -0.39 is 5.79 Å². The minimum atomic E-state index is -0.390. The SMILES string of the molecule is OCCC1OC2(CCCCC2)OC1c1ccccc1. The van der Waals surface area contributed by atoms with Crippen LogP contribution in [0.15, 0.2) is 30.3 Å². The Morgan fingerprint density at radius 3 is 2.47 bits per heavy atom. The molecule has 0 radical (unpaired) electrons. The zero-order valence-corrected chi connectivity index (χ0v) is 11.3. The van der Waals surface area contributed by atoms with Crippen molar-refractivity contribution >= 4 is 0 Å². The van der Waals surface area contributed by atoms with E-state index in [0.29, 0.717) is 6.42 Å². The molecule has 19 heavy (non-hydrogen) atoms. The van der Waals surface area contributed by atoms with E-state index in [4.69, 9.17) is 9.47 Å². The summed E-state index contributed by atoms with van der Waals surface area (Å²) in [5.41, 5.74) is 1.16. The van der Waals surface area contributed by atoms with Crippen molar-refractivity contribution in [1.82, 2.24) is 0 Å². The molecule has 1 aliphatic carbocycles. The van der Waals surface area contributed by atoms with Crippen LogP contribution < -0.4 is 0 Å². The molecule has 1 heterocycles. The highest BCUT2D eigenvalue weighted by atomic mass is 16.8. The zero-order valence-electron chi connectivity index (χ0n) is 11.3. The largest absolute Gasteiger partial charge is 0.396 e. The lowest BCUT2D eigenvalue weighted by atomic mass is 9.94. The lowest BCUT2D eigenvalue weighted by molar-refractivity contribution is -0.195. The molecule has 104 valence electrons. The molecular formula is C16H22O3. The van der Waals surface area contributed by atoms with Crippen LogP contribution in [-0.4, -0.2) is 23.6 Å². The normalized spacial score (nSPS) is 29.7. The van der Waals surface area contributed by atoms with E-state index in [2.05, 4.69) is 12.1 Å². The Hall–Kier alpha value is -0.900. The quantitative estimate of drug-likeness (QED) is 0.909. The molecule has 1 N–H and O–H groups in total. The van der Waals surface area contributed by atoms with Crippen LogP contribution in [0.2, 0.25) is 0 Å². The second-order valence-corrected chi connectivity index (χ2v) is 5.59. The van der Waals surface area contributed by atoms with Crippen LogP contribution >= 0.6 is 0 Å². The lowest BCUT2D eigenvalue weighted by Gasteiger charge is -2.32. The third-order valence-corrected chi connectivity index (χ3v) is 4.20. The van der Waals surface area contributed by atoms with Crippen LogP contribution in [0.4, 0.5) is 0 Å². The first-order valence-electron chi connectivity index (χ1n) is 7.34. The molecule has 1 aromatic rings. The fourth-order valence-electron chi connectivity index (χ4n) is 3.26. The summed E-state index contributed by atoms with van der Waals surface area (Å²) < 4.78 is 12.5. The smallest absolute Gasteiger partial charge is 0.169 e. The van der Waals surface area contributed by atoms with E-state index >= 15 is 0 Å². The van der Waals surface area contributed by atoms with Gasteiger partial charge in [-0.2, -0.15) is 0 Å². The summed E-state index contributed by atoms with van der Waals surface area (Å²) in [5.74, 6) is -0.390. The van der Waals surface area contributed by atoms with Gasteiger partial charge in [0.25, 0.3) is 0 Å². The standard InChI is InChI=1S/C16H22O3/c17-12-9-14-15(13-7-3-1-4-8-13)19-16(18-14)10-5-2-6-11-16/h1,3-4,7-8,14-15,17H,2,5-6,9-12H2. The average molecular weight is 262 g/mol. The number of ether oxygens (including phenoxy) is 2. The predicted molar refractivity (Wildman–Crippen MR) is 72.7 cm³/mol. The van der Waals surface area contributed by atoms with Gasteiger partial charge in [-0.3, -0.25) is 0 Å². The number of hydrogen-bond acceptors (Lipinski definition) is 3. The molecular weight excluding hydrogens is 240 g/mol.